The highest BCUT2D eigenvalue weighted by Crippen LogP contribution is 2.24. The van der Waals surface area contributed by atoms with Crippen molar-refractivity contribution >= 4 is 34.5 Å². The molecule has 0 spiro atoms. The summed E-state index contributed by atoms with van der Waals surface area (Å²) in [7, 11) is 0. The van der Waals surface area contributed by atoms with Crippen molar-refractivity contribution in [3.05, 3.63) is 36.5 Å². The van der Waals surface area contributed by atoms with Crippen molar-refractivity contribution in [3.63, 3.8) is 0 Å². The number of nitrogens with one attached hydrogen (secondary N) is 2. The molecule has 9 heteroatoms. The van der Waals surface area contributed by atoms with Crippen molar-refractivity contribution in [2.45, 2.75) is 45.5 Å². The Morgan fingerprint density at radius 3 is 2.68 bits per heavy atom. The topological polar surface area (TPSA) is 94.0 Å². The average molecular weight is 443 g/mol. The van der Waals surface area contributed by atoms with Crippen LogP contribution in [0.3, 0.4) is 0 Å². The number of amides is 1. The lowest BCUT2D eigenvalue weighted by Crippen LogP contribution is -2.38. The van der Waals surface area contributed by atoms with Gasteiger partial charge >= 0.3 is 0 Å². The number of carbonyl (C=O) groups excluding carboxylic acids is 1. The maximum absolute atomic E-state index is 12.4. The number of benzene rings is 1. The van der Waals surface area contributed by atoms with Gasteiger partial charge in [0.05, 0.1) is 18.1 Å². The van der Waals surface area contributed by atoms with Crippen molar-refractivity contribution in [1.29, 1.82) is 0 Å². The number of ether oxygens (including phenoxy) is 1. The first-order valence-electron chi connectivity index (χ1n) is 10.6. The van der Waals surface area contributed by atoms with Crippen molar-refractivity contribution in [1.82, 2.24) is 25.1 Å². The summed E-state index contributed by atoms with van der Waals surface area (Å²) in [6.07, 6.45) is 1.19. The van der Waals surface area contributed by atoms with Crippen LogP contribution in [0.25, 0.3) is 11.0 Å². The average Bonchev–Trinajstić information content (AvgIpc) is 3.16. The van der Waals surface area contributed by atoms with Crippen LogP contribution in [0.1, 0.15) is 27.7 Å². The first-order valence-corrected chi connectivity index (χ1v) is 11.6. The van der Waals surface area contributed by atoms with Crippen LogP contribution >= 0.6 is 11.8 Å². The lowest BCUT2D eigenvalue weighted by Gasteiger charge is -2.15. The fourth-order valence-corrected chi connectivity index (χ4v) is 3.48. The molecule has 0 aliphatic carbocycles. The van der Waals surface area contributed by atoms with E-state index in [4.69, 9.17) is 4.74 Å². The van der Waals surface area contributed by atoms with Crippen molar-refractivity contribution in [2.24, 2.45) is 5.92 Å². The third kappa shape index (κ3) is 6.33. The summed E-state index contributed by atoms with van der Waals surface area (Å²) in [5.74, 6) is 2.68. The predicted octanol–water partition coefficient (Wildman–Crippen LogP) is 3.59. The van der Waals surface area contributed by atoms with E-state index >= 15 is 0 Å². The fourth-order valence-electron chi connectivity index (χ4n) is 2.91. The number of hydrogen-bond acceptors (Lipinski definition) is 7. The maximum atomic E-state index is 12.4. The van der Waals surface area contributed by atoms with E-state index in [0.29, 0.717) is 24.8 Å². The minimum Gasteiger partial charge on any atom is -0.481 e. The van der Waals surface area contributed by atoms with Crippen LogP contribution in [-0.4, -0.2) is 50.6 Å². The second kappa shape index (κ2) is 11.0. The predicted molar refractivity (Wildman–Crippen MR) is 125 cm³/mol. The first kappa shape index (κ1) is 22.9. The highest BCUT2D eigenvalue weighted by Gasteiger charge is 2.16. The minimum absolute atomic E-state index is 0.170. The van der Waals surface area contributed by atoms with Gasteiger partial charge in [0.2, 0.25) is 0 Å². The van der Waals surface area contributed by atoms with Crippen molar-refractivity contribution in [2.75, 3.05) is 24.2 Å². The molecule has 2 aromatic heterocycles. The number of anilines is 1. The van der Waals surface area contributed by atoms with Gasteiger partial charge in [-0.05, 0) is 30.7 Å². The molecule has 1 atom stereocenters. The Hall–Kier alpha value is -2.81. The molecule has 3 rings (SSSR count). The highest BCUT2D eigenvalue weighted by molar-refractivity contribution is 7.99. The number of hydrogen-bond donors (Lipinski definition) is 2. The Labute approximate surface area is 187 Å². The summed E-state index contributed by atoms with van der Waals surface area (Å²) in [4.78, 5) is 21.7. The van der Waals surface area contributed by atoms with Gasteiger partial charge in [0.15, 0.2) is 16.9 Å². The molecule has 1 unspecified atom stereocenters. The zero-order valence-corrected chi connectivity index (χ0v) is 19.3. The first-order chi connectivity index (χ1) is 15.0. The number of rotatable bonds is 11. The molecule has 0 saturated carbocycles. The molecule has 0 aliphatic heterocycles. The number of nitrogens with zero attached hydrogens (tertiary/aromatic N) is 4. The highest BCUT2D eigenvalue weighted by atomic mass is 32.2. The zero-order chi connectivity index (χ0) is 22.2. The van der Waals surface area contributed by atoms with E-state index in [9.17, 15) is 4.79 Å². The minimum atomic E-state index is -0.585. The summed E-state index contributed by atoms with van der Waals surface area (Å²) in [5.41, 5.74) is 0.764. The summed E-state index contributed by atoms with van der Waals surface area (Å²) in [6, 6.07) is 9.32. The number of aromatic nitrogens is 4. The Morgan fingerprint density at radius 1 is 1.19 bits per heavy atom. The van der Waals surface area contributed by atoms with E-state index in [0.717, 1.165) is 34.3 Å². The molecular formula is C22H30N6O2S. The third-order valence-corrected chi connectivity index (χ3v) is 5.20. The fraction of sp³-hybridized carbons (Fsp3) is 0.455. The van der Waals surface area contributed by atoms with Crippen LogP contribution in [-0.2, 0) is 11.3 Å². The van der Waals surface area contributed by atoms with E-state index in [-0.39, 0.29) is 5.91 Å². The van der Waals surface area contributed by atoms with Crippen LogP contribution in [0.15, 0.2) is 41.7 Å². The molecule has 0 fully saturated rings. The van der Waals surface area contributed by atoms with Crippen LogP contribution < -0.4 is 15.4 Å². The second-order valence-electron chi connectivity index (χ2n) is 7.53. The quantitative estimate of drug-likeness (QED) is 0.346. The number of carbonyl (C=O) groups is 1. The molecule has 0 bridgehead atoms. The van der Waals surface area contributed by atoms with E-state index in [1.54, 1.807) is 29.6 Å². The van der Waals surface area contributed by atoms with Gasteiger partial charge in [0, 0.05) is 13.1 Å². The lowest BCUT2D eigenvalue weighted by atomic mass is 10.2. The van der Waals surface area contributed by atoms with Crippen LogP contribution in [0.5, 0.6) is 5.75 Å². The molecule has 31 heavy (non-hydrogen) atoms. The zero-order valence-electron chi connectivity index (χ0n) is 18.5. The molecule has 166 valence electrons. The molecule has 2 heterocycles. The van der Waals surface area contributed by atoms with Crippen molar-refractivity contribution in [3.8, 4) is 5.75 Å². The van der Waals surface area contributed by atoms with Gasteiger partial charge in [-0.2, -0.15) is 5.10 Å². The van der Waals surface area contributed by atoms with E-state index < -0.39 is 6.10 Å². The third-order valence-electron chi connectivity index (χ3n) is 4.48. The largest absolute Gasteiger partial charge is 0.481 e. The van der Waals surface area contributed by atoms with E-state index in [1.165, 1.54) is 0 Å². The Morgan fingerprint density at radius 2 is 1.97 bits per heavy atom. The van der Waals surface area contributed by atoms with Crippen LogP contribution in [0.2, 0.25) is 0 Å². The molecule has 3 aromatic rings. The smallest absolute Gasteiger partial charge is 0.260 e. The molecule has 8 nitrogen and oxygen atoms in total. The van der Waals surface area contributed by atoms with Gasteiger partial charge in [-0.1, -0.05) is 50.7 Å². The Balaban J connectivity index is 1.65. The summed E-state index contributed by atoms with van der Waals surface area (Å²) in [6.45, 7) is 9.87. The molecule has 0 saturated heterocycles. The van der Waals surface area contributed by atoms with Gasteiger partial charge in [-0.25, -0.2) is 14.6 Å². The van der Waals surface area contributed by atoms with Crippen LogP contribution in [0, 0.1) is 5.92 Å². The molecule has 2 N–H and O–H groups in total. The van der Waals surface area contributed by atoms with Crippen LogP contribution in [0.4, 0.5) is 5.82 Å². The summed E-state index contributed by atoms with van der Waals surface area (Å²) in [5, 5.41) is 12.4. The maximum Gasteiger partial charge on any atom is 0.260 e. The van der Waals surface area contributed by atoms with Crippen molar-refractivity contribution < 1.29 is 9.53 Å². The number of fused-ring (bicyclic) bond motifs is 1. The van der Waals surface area contributed by atoms with Gasteiger partial charge in [-0.3, -0.25) is 4.79 Å². The summed E-state index contributed by atoms with van der Waals surface area (Å²) < 4.78 is 7.48. The number of thioether (sulfide) groups is 1. The van der Waals surface area contributed by atoms with E-state index in [2.05, 4.69) is 46.5 Å². The number of para-hydroxylation sites is 1. The molecule has 0 radical (unpaired) electrons. The van der Waals surface area contributed by atoms with Gasteiger partial charge in [-0.15, -0.1) is 0 Å². The lowest BCUT2D eigenvalue weighted by molar-refractivity contribution is -0.127. The molecule has 0 aliphatic rings. The second-order valence-corrected chi connectivity index (χ2v) is 8.76. The van der Waals surface area contributed by atoms with Gasteiger partial charge in [0.25, 0.3) is 5.91 Å². The summed E-state index contributed by atoms with van der Waals surface area (Å²) >= 11 is 1.59. The molecular weight excluding hydrogens is 412 g/mol. The molecule has 1 amide bonds. The Kier molecular flexibility index (Phi) is 8.11. The van der Waals surface area contributed by atoms with Gasteiger partial charge < -0.3 is 15.4 Å². The standard InChI is InChI=1S/C22H30N6O2S/c1-5-31-22-26-19(24-13-15(2)3)18-14-25-28(20(18)27-22)12-11-23-21(29)16(4)30-17-9-7-6-8-10-17/h6-10,14-16H,5,11-13H2,1-4H3,(H,23,29)(H,24,26,27). The normalized spacial score (nSPS) is 12.2. The van der Waals surface area contributed by atoms with E-state index in [1.807, 2.05) is 30.3 Å². The van der Waals surface area contributed by atoms with Gasteiger partial charge in [0.1, 0.15) is 11.6 Å². The monoisotopic (exact) mass is 442 g/mol. The SMILES string of the molecule is CCSc1nc(NCC(C)C)c2cnn(CCNC(=O)C(C)Oc3ccccc3)c2n1. The Bertz CT molecular complexity index is 992. The molecule has 1 aromatic carbocycles.